The molecule has 3 atom stereocenters. The van der Waals surface area contributed by atoms with Gasteiger partial charge in [-0.2, -0.15) is 0 Å². The van der Waals surface area contributed by atoms with Crippen LogP contribution in [0.3, 0.4) is 0 Å². The van der Waals surface area contributed by atoms with Gasteiger partial charge in [-0.15, -0.1) is 0 Å². The van der Waals surface area contributed by atoms with Crippen LogP contribution in [0.25, 0.3) is 0 Å². The maximum atomic E-state index is 11.7. The van der Waals surface area contributed by atoms with E-state index < -0.39 is 24.3 Å². The number of amides is 1. The lowest BCUT2D eigenvalue weighted by atomic mass is 9.89. The van der Waals surface area contributed by atoms with Gasteiger partial charge in [-0.25, -0.2) is 4.79 Å². The van der Waals surface area contributed by atoms with Crippen LogP contribution in [0.2, 0.25) is 0 Å². The van der Waals surface area contributed by atoms with Crippen LogP contribution in [0, 0.1) is 11.8 Å². The number of esters is 1. The van der Waals surface area contributed by atoms with Gasteiger partial charge >= 0.3 is 18.0 Å². The molecule has 25 heavy (non-hydrogen) atoms. The molecule has 0 rings (SSSR count). The van der Waals surface area contributed by atoms with Crippen molar-refractivity contribution in [3.8, 4) is 0 Å². The van der Waals surface area contributed by atoms with Crippen molar-refractivity contribution in [2.75, 3.05) is 6.54 Å². The molecule has 0 aliphatic heterocycles. The summed E-state index contributed by atoms with van der Waals surface area (Å²) >= 11 is 0. The lowest BCUT2D eigenvalue weighted by Gasteiger charge is -2.21. The Hall–Kier alpha value is -1.79. The van der Waals surface area contributed by atoms with Crippen LogP contribution in [0.15, 0.2) is 0 Å². The number of hydrogen-bond donors (Lipinski definition) is 2. The molecule has 0 spiro atoms. The van der Waals surface area contributed by atoms with Crippen molar-refractivity contribution >= 4 is 18.0 Å². The van der Waals surface area contributed by atoms with E-state index in [1.165, 1.54) is 33.1 Å². The van der Waals surface area contributed by atoms with Crippen LogP contribution in [0.4, 0.5) is 4.79 Å². The zero-order chi connectivity index (χ0) is 19.2. The SMILES string of the molecule is CCCCCC[C@@H](C)C[C@H](CNC(=O)O[C@H](C)OC(C)=O)CC(=O)O. The van der Waals surface area contributed by atoms with Crippen LogP contribution in [0.1, 0.15) is 72.6 Å². The molecule has 0 aliphatic rings. The molecule has 0 saturated heterocycles. The molecule has 0 bridgehead atoms. The Balaban J connectivity index is 4.26. The molecule has 0 unspecified atom stereocenters. The largest absolute Gasteiger partial charge is 0.481 e. The Morgan fingerprint density at radius 3 is 2.32 bits per heavy atom. The maximum absolute atomic E-state index is 11.7. The fourth-order valence-electron chi connectivity index (χ4n) is 2.77. The van der Waals surface area contributed by atoms with Crippen LogP contribution in [-0.4, -0.2) is 36.0 Å². The number of carboxylic acids is 1. The molecule has 0 saturated carbocycles. The van der Waals surface area contributed by atoms with Gasteiger partial charge in [0.1, 0.15) is 0 Å². The van der Waals surface area contributed by atoms with Gasteiger partial charge in [-0.3, -0.25) is 9.59 Å². The van der Waals surface area contributed by atoms with E-state index >= 15 is 0 Å². The van der Waals surface area contributed by atoms with Crippen molar-refractivity contribution in [1.82, 2.24) is 5.32 Å². The normalized spacial score (nSPS) is 14.2. The van der Waals surface area contributed by atoms with Gasteiger partial charge in [0.15, 0.2) is 0 Å². The summed E-state index contributed by atoms with van der Waals surface area (Å²) in [5.74, 6) is -1.18. The van der Waals surface area contributed by atoms with Crippen molar-refractivity contribution in [3.63, 3.8) is 0 Å². The third-order valence-electron chi connectivity index (χ3n) is 3.89. The second-order valence-electron chi connectivity index (χ2n) is 6.62. The minimum absolute atomic E-state index is 0.000913. The molecule has 0 radical (unpaired) electrons. The number of rotatable bonds is 13. The zero-order valence-electron chi connectivity index (χ0n) is 15.9. The zero-order valence-corrected chi connectivity index (χ0v) is 15.9. The fraction of sp³-hybridized carbons (Fsp3) is 0.833. The van der Waals surface area contributed by atoms with E-state index in [9.17, 15) is 14.4 Å². The van der Waals surface area contributed by atoms with Gasteiger partial charge in [0.2, 0.25) is 6.29 Å². The van der Waals surface area contributed by atoms with Crippen LogP contribution < -0.4 is 5.32 Å². The molecule has 0 aliphatic carbocycles. The summed E-state index contributed by atoms with van der Waals surface area (Å²) < 4.78 is 9.58. The highest BCUT2D eigenvalue weighted by Gasteiger charge is 2.19. The predicted molar refractivity (Wildman–Crippen MR) is 94.0 cm³/mol. The Morgan fingerprint density at radius 2 is 1.76 bits per heavy atom. The molecule has 0 aromatic carbocycles. The van der Waals surface area contributed by atoms with E-state index in [4.69, 9.17) is 14.6 Å². The second-order valence-corrected chi connectivity index (χ2v) is 6.62. The molecule has 0 aromatic rings. The minimum Gasteiger partial charge on any atom is -0.481 e. The maximum Gasteiger partial charge on any atom is 0.410 e. The molecule has 0 fully saturated rings. The van der Waals surface area contributed by atoms with Crippen molar-refractivity contribution < 1.29 is 29.0 Å². The summed E-state index contributed by atoms with van der Waals surface area (Å²) in [5.41, 5.74) is 0. The summed E-state index contributed by atoms with van der Waals surface area (Å²) in [5, 5.41) is 11.6. The Labute approximate surface area is 150 Å². The lowest BCUT2D eigenvalue weighted by molar-refractivity contribution is -0.162. The molecule has 7 nitrogen and oxygen atoms in total. The number of carbonyl (C=O) groups excluding carboxylic acids is 2. The number of nitrogens with one attached hydrogen (secondary N) is 1. The van der Waals surface area contributed by atoms with E-state index in [1.54, 1.807) is 0 Å². The van der Waals surface area contributed by atoms with Gasteiger partial charge in [0.25, 0.3) is 0 Å². The molecule has 1 amide bonds. The minimum atomic E-state index is -0.979. The molecular formula is C18H33NO6. The highest BCUT2D eigenvalue weighted by molar-refractivity contribution is 5.69. The third-order valence-corrected chi connectivity index (χ3v) is 3.89. The average molecular weight is 359 g/mol. The summed E-state index contributed by atoms with van der Waals surface area (Å²) in [6.45, 7) is 7.16. The number of hydrogen-bond acceptors (Lipinski definition) is 5. The second kappa shape index (κ2) is 13.5. The first-order valence-corrected chi connectivity index (χ1v) is 9.08. The van der Waals surface area contributed by atoms with E-state index in [0.29, 0.717) is 5.92 Å². The Morgan fingerprint density at radius 1 is 1.08 bits per heavy atom. The van der Waals surface area contributed by atoms with Crippen molar-refractivity contribution in [3.05, 3.63) is 0 Å². The van der Waals surface area contributed by atoms with Gasteiger partial charge in [0.05, 0.1) is 0 Å². The number of carboxylic acid groups (broad SMARTS) is 1. The first kappa shape index (κ1) is 23.2. The Kier molecular flexibility index (Phi) is 12.5. The quantitative estimate of drug-likeness (QED) is 0.295. The van der Waals surface area contributed by atoms with Crippen LogP contribution in [-0.2, 0) is 19.1 Å². The third kappa shape index (κ3) is 14.3. The van der Waals surface area contributed by atoms with Gasteiger partial charge in [0, 0.05) is 26.8 Å². The number of alkyl carbamates (subject to hydrolysis) is 1. The molecule has 2 N–H and O–H groups in total. The molecule has 146 valence electrons. The topological polar surface area (TPSA) is 102 Å². The molecule has 0 heterocycles. The summed E-state index contributed by atoms with van der Waals surface area (Å²) in [7, 11) is 0. The first-order valence-electron chi connectivity index (χ1n) is 9.08. The van der Waals surface area contributed by atoms with Crippen LogP contribution >= 0.6 is 0 Å². The smallest absolute Gasteiger partial charge is 0.410 e. The number of aliphatic carboxylic acids is 1. The average Bonchev–Trinajstić information content (AvgIpc) is 2.47. The molecule has 7 heteroatoms. The van der Waals surface area contributed by atoms with Crippen molar-refractivity contribution in [2.45, 2.75) is 78.9 Å². The van der Waals surface area contributed by atoms with Gasteiger partial charge < -0.3 is 19.9 Å². The standard InChI is InChI=1S/C18H33NO6/c1-5-6-7-8-9-13(2)10-16(11-17(21)22)12-19-18(23)25-15(4)24-14(3)20/h13,15-16H,5-12H2,1-4H3,(H,19,23)(H,21,22)/t13-,15-,16+/m1/s1. The van der Waals surface area contributed by atoms with E-state index in [-0.39, 0.29) is 18.9 Å². The fourth-order valence-corrected chi connectivity index (χ4v) is 2.77. The number of unbranched alkanes of at least 4 members (excludes halogenated alkanes) is 3. The monoisotopic (exact) mass is 359 g/mol. The molecular weight excluding hydrogens is 326 g/mol. The first-order chi connectivity index (χ1) is 11.7. The lowest BCUT2D eigenvalue weighted by Crippen LogP contribution is -2.34. The number of carbonyl (C=O) groups is 3. The van der Waals surface area contributed by atoms with E-state index in [0.717, 1.165) is 19.3 Å². The van der Waals surface area contributed by atoms with E-state index in [2.05, 4.69) is 19.2 Å². The summed E-state index contributed by atoms with van der Waals surface area (Å²) in [6.07, 6.45) is 4.84. The van der Waals surface area contributed by atoms with E-state index in [1.807, 2.05) is 0 Å². The summed E-state index contributed by atoms with van der Waals surface area (Å²) in [6, 6.07) is 0. The summed E-state index contributed by atoms with van der Waals surface area (Å²) in [4.78, 5) is 33.5. The van der Waals surface area contributed by atoms with Gasteiger partial charge in [-0.05, 0) is 18.3 Å². The highest BCUT2D eigenvalue weighted by Crippen LogP contribution is 2.21. The van der Waals surface area contributed by atoms with Crippen molar-refractivity contribution in [2.24, 2.45) is 11.8 Å². The van der Waals surface area contributed by atoms with Crippen LogP contribution in [0.5, 0.6) is 0 Å². The highest BCUT2D eigenvalue weighted by atomic mass is 16.7. The van der Waals surface area contributed by atoms with Gasteiger partial charge in [-0.1, -0.05) is 46.0 Å². The predicted octanol–water partition coefficient (Wildman–Crippen LogP) is 3.71. The molecule has 0 aromatic heterocycles. The number of ether oxygens (including phenoxy) is 2. The van der Waals surface area contributed by atoms with Crippen molar-refractivity contribution in [1.29, 1.82) is 0 Å². The Bertz CT molecular complexity index is 412.